The summed E-state index contributed by atoms with van der Waals surface area (Å²) in [5.41, 5.74) is 1.68. The molecule has 122 valence electrons. The first kappa shape index (κ1) is 16.1. The van der Waals surface area contributed by atoms with Gasteiger partial charge in [0.1, 0.15) is 22.1 Å². The van der Waals surface area contributed by atoms with Gasteiger partial charge in [-0.05, 0) is 41.9 Å². The average molecular weight is 343 g/mol. The molecule has 0 saturated heterocycles. The third-order valence-electron chi connectivity index (χ3n) is 3.45. The van der Waals surface area contributed by atoms with Crippen molar-refractivity contribution in [2.45, 2.75) is 6.54 Å². The molecule has 1 N–H and O–H groups in total. The minimum absolute atomic E-state index is 0.103. The van der Waals surface area contributed by atoms with Crippen LogP contribution in [0.4, 0.5) is 4.39 Å². The number of benzene rings is 2. The van der Waals surface area contributed by atoms with E-state index in [4.69, 9.17) is 4.74 Å². The Labute approximate surface area is 142 Å². The largest absolute Gasteiger partial charge is 0.497 e. The highest BCUT2D eigenvalue weighted by atomic mass is 32.1. The van der Waals surface area contributed by atoms with Crippen LogP contribution in [0.15, 0.2) is 48.5 Å². The van der Waals surface area contributed by atoms with Gasteiger partial charge in [0, 0.05) is 17.7 Å². The summed E-state index contributed by atoms with van der Waals surface area (Å²) < 4.78 is 22.6. The Morgan fingerprint density at radius 1 is 1.21 bits per heavy atom. The number of aromatic nitrogens is 2. The van der Waals surface area contributed by atoms with Crippen LogP contribution in [0.2, 0.25) is 0 Å². The zero-order valence-corrected chi connectivity index (χ0v) is 13.6. The molecular formula is C17H14FN3O2S. The lowest BCUT2D eigenvalue weighted by molar-refractivity contribution is 0.0955. The van der Waals surface area contributed by atoms with Crippen LogP contribution in [0, 0.1) is 5.82 Å². The molecule has 0 aliphatic heterocycles. The Hall–Kier alpha value is -2.80. The van der Waals surface area contributed by atoms with Crippen LogP contribution in [0.25, 0.3) is 11.3 Å². The van der Waals surface area contributed by atoms with Crippen LogP contribution < -0.4 is 10.1 Å². The van der Waals surface area contributed by atoms with E-state index in [1.807, 2.05) is 12.1 Å². The van der Waals surface area contributed by atoms with Gasteiger partial charge in [0.25, 0.3) is 5.91 Å². The minimum Gasteiger partial charge on any atom is -0.497 e. The maximum absolute atomic E-state index is 13.6. The molecule has 0 spiro atoms. The van der Waals surface area contributed by atoms with Gasteiger partial charge in [0.15, 0.2) is 0 Å². The van der Waals surface area contributed by atoms with E-state index < -0.39 is 0 Å². The van der Waals surface area contributed by atoms with E-state index in [0.717, 1.165) is 17.1 Å². The zero-order chi connectivity index (χ0) is 16.9. The van der Waals surface area contributed by atoms with Gasteiger partial charge in [-0.15, -0.1) is 5.10 Å². The molecule has 1 amide bonds. The van der Waals surface area contributed by atoms with Gasteiger partial charge in [-0.25, -0.2) is 4.39 Å². The summed E-state index contributed by atoms with van der Waals surface area (Å²) in [6.07, 6.45) is 0. The summed E-state index contributed by atoms with van der Waals surface area (Å²) in [5, 5.41) is 6.73. The van der Waals surface area contributed by atoms with Crippen LogP contribution in [-0.4, -0.2) is 22.6 Å². The van der Waals surface area contributed by atoms with Crippen LogP contribution in [0.3, 0.4) is 0 Å². The van der Waals surface area contributed by atoms with E-state index in [-0.39, 0.29) is 18.3 Å². The predicted octanol–water partition coefficient (Wildman–Crippen LogP) is 3.28. The van der Waals surface area contributed by atoms with E-state index >= 15 is 0 Å². The first-order valence-corrected chi connectivity index (χ1v) is 7.95. The Balaban J connectivity index is 1.76. The molecule has 0 atom stereocenters. The van der Waals surface area contributed by atoms with E-state index in [9.17, 15) is 9.18 Å². The number of ether oxygens (including phenoxy) is 1. The molecule has 1 heterocycles. The molecule has 3 aromatic rings. The fraction of sp³-hybridized carbons (Fsp3) is 0.118. The first-order chi connectivity index (χ1) is 11.7. The second kappa shape index (κ2) is 7.18. The van der Waals surface area contributed by atoms with Crippen molar-refractivity contribution in [3.63, 3.8) is 0 Å². The molecule has 24 heavy (non-hydrogen) atoms. The number of methoxy groups -OCH3 is 1. The normalized spacial score (nSPS) is 10.4. The summed E-state index contributed by atoms with van der Waals surface area (Å²) in [6, 6.07) is 13.5. The van der Waals surface area contributed by atoms with Gasteiger partial charge in [0.05, 0.1) is 7.11 Å². The SMILES string of the molecule is COc1ccc(-c2nnsc2C(=O)NCc2ccccc2F)cc1. The van der Waals surface area contributed by atoms with Gasteiger partial charge in [-0.2, -0.15) is 0 Å². The van der Waals surface area contributed by atoms with Crippen LogP contribution >= 0.6 is 11.5 Å². The Bertz CT molecular complexity index is 849. The van der Waals surface area contributed by atoms with Gasteiger partial charge in [0.2, 0.25) is 0 Å². The maximum Gasteiger partial charge on any atom is 0.265 e. The second-order valence-electron chi connectivity index (χ2n) is 4.95. The van der Waals surface area contributed by atoms with E-state index in [2.05, 4.69) is 14.9 Å². The third-order valence-corrected chi connectivity index (χ3v) is 4.18. The molecule has 0 aliphatic carbocycles. The maximum atomic E-state index is 13.6. The second-order valence-corrected chi connectivity index (χ2v) is 5.71. The number of hydrogen-bond acceptors (Lipinski definition) is 5. The summed E-state index contributed by atoms with van der Waals surface area (Å²) in [7, 11) is 1.58. The molecule has 7 heteroatoms. The van der Waals surface area contributed by atoms with Crippen molar-refractivity contribution in [2.24, 2.45) is 0 Å². The lowest BCUT2D eigenvalue weighted by atomic mass is 10.1. The number of carbonyl (C=O) groups excluding carboxylic acids is 1. The Morgan fingerprint density at radius 2 is 1.96 bits per heavy atom. The predicted molar refractivity (Wildman–Crippen MR) is 89.5 cm³/mol. The topological polar surface area (TPSA) is 64.1 Å². The van der Waals surface area contributed by atoms with Crippen molar-refractivity contribution in [3.05, 3.63) is 64.8 Å². The van der Waals surface area contributed by atoms with Crippen molar-refractivity contribution in [2.75, 3.05) is 7.11 Å². The first-order valence-electron chi connectivity index (χ1n) is 7.17. The number of carbonyl (C=O) groups is 1. The van der Waals surface area contributed by atoms with Crippen LogP contribution in [0.1, 0.15) is 15.2 Å². The third kappa shape index (κ3) is 3.41. The molecule has 0 unspecified atom stereocenters. The molecule has 2 aromatic carbocycles. The zero-order valence-electron chi connectivity index (χ0n) is 12.8. The summed E-state index contributed by atoms with van der Waals surface area (Å²) in [5.74, 6) is 0.0298. The highest BCUT2D eigenvalue weighted by Crippen LogP contribution is 2.25. The molecule has 3 rings (SSSR count). The number of nitrogens with one attached hydrogen (secondary N) is 1. The van der Waals surface area contributed by atoms with Crippen molar-refractivity contribution >= 4 is 17.4 Å². The van der Waals surface area contributed by atoms with Crippen molar-refractivity contribution in [3.8, 4) is 17.0 Å². The minimum atomic E-state index is -0.351. The van der Waals surface area contributed by atoms with Gasteiger partial charge in [-0.1, -0.05) is 22.7 Å². The molecule has 1 aromatic heterocycles. The van der Waals surface area contributed by atoms with Crippen molar-refractivity contribution in [1.29, 1.82) is 0 Å². The highest BCUT2D eigenvalue weighted by Gasteiger charge is 2.18. The highest BCUT2D eigenvalue weighted by molar-refractivity contribution is 7.08. The number of rotatable bonds is 5. The summed E-state index contributed by atoms with van der Waals surface area (Å²) >= 11 is 1.00. The Kier molecular flexibility index (Phi) is 4.81. The summed E-state index contributed by atoms with van der Waals surface area (Å²) in [6.45, 7) is 0.103. The number of amides is 1. The quantitative estimate of drug-likeness (QED) is 0.772. The van der Waals surface area contributed by atoms with Crippen molar-refractivity contribution < 1.29 is 13.9 Å². The molecular weight excluding hydrogens is 329 g/mol. The Morgan fingerprint density at radius 3 is 2.67 bits per heavy atom. The number of halogens is 1. The number of nitrogens with zero attached hydrogens (tertiary/aromatic N) is 2. The fourth-order valence-corrected chi connectivity index (χ4v) is 2.78. The van der Waals surface area contributed by atoms with Gasteiger partial charge >= 0.3 is 0 Å². The van der Waals surface area contributed by atoms with Gasteiger partial charge in [-0.3, -0.25) is 4.79 Å². The van der Waals surface area contributed by atoms with Crippen LogP contribution in [-0.2, 0) is 6.54 Å². The molecule has 0 bridgehead atoms. The number of hydrogen-bond donors (Lipinski definition) is 1. The van der Waals surface area contributed by atoms with Gasteiger partial charge < -0.3 is 10.1 Å². The van der Waals surface area contributed by atoms with E-state index in [1.54, 1.807) is 37.4 Å². The monoisotopic (exact) mass is 343 g/mol. The lowest BCUT2D eigenvalue weighted by Gasteiger charge is -2.06. The molecule has 0 fully saturated rings. The molecule has 0 aliphatic rings. The standard InChI is InChI=1S/C17H14FN3O2S/c1-23-13-8-6-11(7-9-13)15-16(24-21-20-15)17(22)19-10-12-4-2-3-5-14(12)18/h2-9H,10H2,1H3,(H,19,22). The van der Waals surface area contributed by atoms with Crippen LogP contribution in [0.5, 0.6) is 5.75 Å². The smallest absolute Gasteiger partial charge is 0.265 e. The average Bonchev–Trinajstić information content (AvgIpc) is 3.10. The van der Waals surface area contributed by atoms with E-state index in [1.165, 1.54) is 6.07 Å². The van der Waals surface area contributed by atoms with Crippen molar-refractivity contribution in [1.82, 2.24) is 14.9 Å². The summed E-state index contributed by atoms with van der Waals surface area (Å²) in [4.78, 5) is 12.8. The molecule has 0 radical (unpaired) electrons. The fourth-order valence-electron chi connectivity index (χ4n) is 2.17. The molecule has 5 nitrogen and oxygen atoms in total. The lowest BCUT2D eigenvalue weighted by Crippen LogP contribution is -2.23. The van der Waals surface area contributed by atoms with E-state index in [0.29, 0.717) is 21.9 Å². The molecule has 0 saturated carbocycles.